The number of hydrogen-bond acceptors (Lipinski definition) is 2. The third-order valence-corrected chi connectivity index (χ3v) is 4.25. The van der Waals surface area contributed by atoms with E-state index in [2.05, 4.69) is 4.98 Å². The highest BCUT2D eigenvalue weighted by Gasteiger charge is 2.13. The third-order valence-electron chi connectivity index (χ3n) is 3.43. The minimum atomic E-state index is -0.949. The lowest BCUT2D eigenvalue weighted by atomic mass is 10.1. The molecule has 3 aromatic rings. The molecule has 0 spiro atoms. The van der Waals surface area contributed by atoms with Gasteiger partial charge in [0.1, 0.15) is 5.82 Å². The number of nitrogens with zero attached hydrogens (tertiary/aromatic N) is 2. The zero-order valence-corrected chi connectivity index (χ0v) is 13.4. The van der Waals surface area contributed by atoms with Crippen molar-refractivity contribution in [3.05, 3.63) is 76.0 Å². The Bertz CT molecular complexity index is 875. The number of halogens is 2. The Hall–Kier alpha value is -2.30. The van der Waals surface area contributed by atoms with Gasteiger partial charge in [-0.05, 0) is 29.8 Å². The number of imidazole rings is 1. The lowest BCUT2D eigenvalue weighted by Gasteiger charge is -2.10. The number of carboxylic acids is 1. The molecule has 1 aromatic heterocycles. The zero-order valence-electron chi connectivity index (χ0n) is 11.9. The van der Waals surface area contributed by atoms with Crippen molar-refractivity contribution in [2.24, 2.45) is 0 Å². The Kier molecular flexibility index (Phi) is 4.37. The number of carbonyl (C=O) groups is 1. The second-order valence-electron chi connectivity index (χ2n) is 4.99. The Morgan fingerprint density at radius 2 is 1.96 bits per heavy atom. The average molecular weight is 347 g/mol. The first-order valence-electron chi connectivity index (χ1n) is 6.84. The molecule has 0 radical (unpaired) electrons. The standard InChI is InChI=1S/C17H12Cl2N2O2/c18-14-6-2-5-13(15(14)19)16-20-7-8-21(16)10-11-3-1-4-12(9-11)17(22)23/h1-9H,10H2,(H,22,23). The van der Waals surface area contributed by atoms with Gasteiger partial charge in [0.2, 0.25) is 0 Å². The van der Waals surface area contributed by atoms with Crippen LogP contribution in [0.3, 0.4) is 0 Å². The van der Waals surface area contributed by atoms with Crippen LogP contribution in [-0.2, 0) is 6.54 Å². The van der Waals surface area contributed by atoms with Crippen LogP contribution in [0.15, 0.2) is 54.9 Å². The van der Waals surface area contributed by atoms with Crippen molar-refractivity contribution < 1.29 is 9.90 Å². The second-order valence-corrected chi connectivity index (χ2v) is 5.77. The van der Waals surface area contributed by atoms with E-state index >= 15 is 0 Å². The fourth-order valence-corrected chi connectivity index (χ4v) is 2.74. The minimum absolute atomic E-state index is 0.255. The summed E-state index contributed by atoms with van der Waals surface area (Å²) in [6.45, 7) is 0.485. The predicted octanol–water partition coefficient (Wildman–Crippen LogP) is 4.60. The molecule has 116 valence electrons. The summed E-state index contributed by atoms with van der Waals surface area (Å²) in [4.78, 5) is 15.4. The summed E-state index contributed by atoms with van der Waals surface area (Å²) in [5, 5.41) is 9.99. The van der Waals surface area contributed by atoms with Gasteiger partial charge in [-0.1, -0.05) is 41.4 Å². The number of aromatic nitrogens is 2. The van der Waals surface area contributed by atoms with E-state index in [9.17, 15) is 4.79 Å². The van der Waals surface area contributed by atoms with Gasteiger partial charge in [-0.15, -0.1) is 0 Å². The first-order valence-corrected chi connectivity index (χ1v) is 7.59. The van der Waals surface area contributed by atoms with E-state index in [1.165, 1.54) is 0 Å². The number of rotatable bonds is 4. The van der Waals surface area contributed by atoms with Crippen LogP contribution in [0.2, 0.25) is 10.0 Å². The first kappa shape index (κ1) is 15.6. The van der Waals surface area contributed by atoms with Gasteiger partial charge in [-0.2, -0.15) is 0 Å². The van der Waals surface area contributed by atoms with Crippen LogP contribution < -0.4 is 0 Å². The number of aromatic carboxylic acids is 1. The maximum Gasteiger partial charge on any atom is 0.335 e. The Labute approximate surface area is 142 Å². The van der Waals surface area contributed by atoms with E-state index < -0.39 is 5.97 Å². The van der Waals surface area contributed by atoms with Crippen molar-refractivity contribution in [3.63, 3.8) is 0 Å². The molecule has 6 heteroatoms. The third kappa shape index (κ3) is 3.23. The van der Waals surface area contributed by atoms with Gasteiger partial charge in [-0.25, -0.2) is 9.78 Å². The van der Waals surface area contributed by atoms with Crippen LogP contribution in [0.1, 0.15) is 15.9 Å². The predicted molar refractivity (Wildman–Crippen MR) is 90.2 cm³/mol. The molecular weight excluding hydrogens is 335 g/mol. The molecule has 4 nitrogen and oxygen atoms in total. The molecular formula is C17H12Cl2N2O2. The largest absolute Gasteiger partial charge is 0.478 e. The molecule has 0 bridgehead atoms. The summed E-state index contributed by atoms with van der Waals surface area (Å²) in [7, 11) is 0. The molecule has 0 saturated carbocycles. The van der Waals surface area contributed by atoms with Gasteiger partial charge in [0.25, 0.3) is 0 Å². The highest BCUT2D eigenvalue weighted by atomic mass is 35.5. The highest BCUT2D eigenvalue weighted by Crippen LogP contribution is 2.32. The molecule has 0 unspecified atom stereocenters. The molecule has 0 fully saturated rings. The Balaban J connectivity index is 1.97. The second kappa shape index (κ2) is 6.44. The van der Waals surface area contributed by atoms with E-state index in [-0.39, 0.29) is 5.56 Å². The molecule has 0 amide bonds. The summed E-state index contributed by atoms with van der Waals surface area (Å²) in [6, 6.07) is 12.2. The molecule has 0 atom stereocenters. The van der Waals surface area contributed by atoms with Crippen molar-refractivity contribution in [1.29, 1.82) is 0 Å². The Morgan fingerprint density at radius 1 is 1.17 bits per heavy atom. The number of benzene rings is 2. The SMILES string of the molecule is O=C(O)c1cccc(Cn2ccnc2-c2cccc(Cl)c2Cl)c1. The van der Waals surface area contributed by atoms with Crippen molar-refractivity contribution in [2.75, 3.05) is 0 Å². The van der Waals surface area contributed by atoms with E-state index in [1.54, 1.807) is 30.5 Å². The van der Waals surface area contributed by atoms with E-state index in [4.69, 9.17) is 28.3 Å². The zero-order chi connectivity index (χ0) is 16.4. The number of carboxylic acid groups (broad SMARTS) is 1. The lowest BCUT2D eigenvalue weighted by Crippen LogP contribution is -2.03. The van der Waals surface area contributed by atoms with Gasteiger partial charge in [0.15, 0.2) is 0 Å². The Morgan fingerprint density at radius 3 is 2.74 bits per heavy atom. The van der Waals surface area contributed by atoms with E-state index in [0.29, 0.717) is 22.4 Å². The minimum Gasteiger partial charge on any atom is -0.478 e. The molecule has 1 N–H and O–H groups in total. The van der Waals surface area contributed by atoms with Gasteiger partial charge in [0, 0.05) is 24.5 Å². The number of hydrogen-bond donors (Lipinski definition) is 1. The summed E-state index contributed by atoms with van der Waals surface area (Å²) >= 11 is 12.3. The van der Waals surface area contributed by atoms with Gasteiger partial charge >= 0.3 is 5.97 Å². The maximum atomic E-state index is 11.1. The van der Waals surface area contributed by atoms with E-state index in [1.807, 2.05) is 29.0 Å². The van der Waals surface area contributed by atoms with Gasteiger partial charge < -0.3 is 9.67 Å². The fraction of sp³-hybridized carbons (Fsp3) is 0.0588. The van der Waals surface area contributed by atoms with Gasteiger partial charge in [0.05, 0.1) is 15.6 Å². The van der Waals surface area contributed by atoms with Crippen LogP contribution in [-0.4, -0.2) is 20.6 Å². The van der Waals surface area contributed by atoms with Crippen LogP contribution >= 0.6 is 23.2 Å². The lowest BCUT2D eigenvalue weighted by molar-refractivity contribution is 0.0696. The summed E-state index contributed by atoms with van der Waals surface area (Å²) in [5.74, 6) is -0.270. The molecule has 0 aliphatic rings. The summed E-state index contributed by atoms with van der Waals surface area (Å²) in [6.07, 6.45) is 3.49. The first-order chi connectivity index (χ1) is 11.1. The molecule has 3 rings (SSSR count). The van der Waals surface area contributed by atoms with Crippen LogP contribution in [0.5, 0.6) is 0 Å². The van der Waals surface area contributed by atoms with Crippen LogP contribution in [0.4, 0.5) is 0 Å². The molecule has 23 heavy (non-hydrogen) atoms. The molecule has 0 saturated heterocycles. The highest BCUT2D eigenvalue weighted by molar-refractivity contribution is 6.43. The summed E-state index contributed by atoms with van der Waals surface area (Å²) in [5.41, 5.74) is 1.85. The van der Waals surface area contributed by atoms with E-state index in [0.717, 1.165) is 11.1 Å². The smallest absolute Gasteiger partial charge is 0.335 e. The monoisotopic (exact) mass is 346 g/mol. The van der Waals surface area contributed by atoms with Crippen molar-refractivity contribution in [2.45, 2.75) is 6.54 Å². The molecule has 0 aliphatic heterocycles. The maximum absolute atomic E-state index is 11.1. The molecule has 0 aliphatic carbocycles. The molecule has 2 aromatic carbocycles. The quantitative estimate of drug-likeness (QED) is 0.750. The van der Waals surface area contributed by atoms with Crippen molar-refractivity contribution >= 4 is 29.2 Å². The van der Waals surface area contributed by atoms with Crippen LogP contribution in [0, 0.1) is 0 Å². The average Bonchev–Trinajstić information content (AvgIpc) is 2.98. The summed E-state index contributed by atoms with van der Waals surface area (Å²) < 4.78 is 1.90. The topological polar surface area (TPSA) is 55.1 Å². The van der Waals surface area contributed by atoms with Gasteiger partial charge in [-0.3, -0.25) is 0 Å². The van der Waals surface area contributed by atoms with Crippen molar-refractivity contribution in [1.82, 2.24) is 9.55 Å². The normalized spacial score (nSPS) is 10.7. The molecule has 1 heterocycles. The van der Waals surface area contributed by atoms with Crippen LogP contribution in [0.25, 0.3) is 11.4 Å². The van der Waals surface area contributed by atoms with Crippen molar-refractivity contribution in [3.8, 4) is 11.4 Å². The fourth-order valence-electron chi connectivity index (χ4n) is 2.36.